The van der Waals surface area contributed by atoms with Gasteiger partial charge in [-0.25, -0.2) is 0 Å². The largest absolute Gasteiger partial charge is 0.0890 e. The Hall–Kier alpha value is -0.430. The van der Waals surface area contributed by atoms with E-state index in [1.165, 1.54) is 68.9 Å². The zero-order chi connectivity index (χ0) is 13.1. The molecule has 0 N–H and O–H groups in total. The van der Waals surface area contributed by atoms with Crippen LogP contribution in [0.5, 0.6) is 0 Å². The monoisotopic (exact) mass is 263 g/mol. The first-order valence-corrected chi connectivity index (χ1v) is 8.11. The lowest BCUT2D eigenvalue weighted by atomic mass is 10.0. The highest BCUT2D eigenvalue weighted by atomic mass is 32.1. The molecule has 0 aliphatic heterocycles. The number of benzene rings is 1. The van der Waals surface area contributed by atoms with Crippen LogP contribution in [0.3, 0.4) is 0 Å². The standard InChI is InChI=1S/C17H27S/c1-2-3-4-5-6-7-8-9-12-16-13-10-11-14-17(16)15-18/h10-11,13-14H,2-9,12,15H2,1H3. The second-order valence-corrected chi connectivity index (χ2v) is 5.43. The van der Waals surface area contributed by atoms with Gasteiger partial charge in [0, 0.05) is 5.75 Å². The Labute approximate surface area is 119 Å². The number of unbranched alkanes of at least 4 members (excludes halogenated alkanes) is 7. The van der Waals surface area contributed by atoms with Gasteiger partial charge in [0.05, 0.1) is 0 Å². The van der Waals surface area contributed by atoms with Crippen molar-refractivity contribution in [2.75, 3.05) is 0 Å². The molecule has 1 aromatic rings. The van der Waals surface area contributed by atoms with Crippen LogP contribution in [0.2, 0.25) is 0 Å². The molecular weight excluding hydrogens is 236 g/mol. The van der Waals surface area contributed by atoms with Gasteiger partial charge in [0.15, 0.2) is 0 Å². The third-order valence-electron chi connectivity index (χ3n) is 3.57. The molecule has 0 atom stereocenters. The molecule has 0 bridgehead atoms. The molecule has 101 valence electrons. The number of hydrogen-bond donors (Lipinski definition) is 0. The molecule has 0 nitrogen and oxygen atoms in total. The minimum absolute atomic E-state index is 0.757. The second-order valence-electron chi connectivity index (χ2n) is 5.14. The topological polar surface area (TPSA) is 0 Å². The van der Waals surface area contributed by atoms with Gasteiger partial charge in [-0.2, -0.15) is 0 Å². The van der Waals surface area contributed by atoms with Crippen LogP contribution in [-0.2, 0) is 12.2 Å². The SMILES string of the molecule is CCCCCCCCCCc1ccccc1C[S]. The van der Waals surface area contributed by atoms with E-state index in [0.29, 0.717) is 0 Å². The number of rotatable bonds is 10. The van der Waals surface area contributed by atoms with Crippen molar-refractivity contribution < 1.29 is 0 Å². The van der Waals surface area contributed by atoms with Crippen LogP contribution in [0.15, 0.2) is 24.3 Å². The Morgan fingerprint density at radius 1 is 0.778 bits per heavy atom. The molecule has 1 radical (unpaired) electrons. The summed E-state index contributed by atoms with van der Waals surface area (Å²) in [5, 5.41) is 0. The van der Waals surface area contributed by atoms with E-state index >= 15 is 0 Å². The molecule has 0 saturated carbocycles. The van der Waals surface area contributed by atoms with Crippen molar-refractivity contribution in [1.82, 2.24) is 0 Å². The molecule has 1 rings (SSSR count). The van der Waals surface area contributed by atoms with Crippen LogP contribution in [0.1, 0.15) is 69.4 Å². The van der Waals surface area contributed by atoms with Gasteiger partial charge in [0.25, 0.3) is 0 Å². The fourth-order valence-electron chi connectivity index (χ4n) is 2.39. The fourth-order valence-corrected chi connectivity index (χ4v) is 2.67. The van der Waals surface area contributed by atoms with Crippen LogP contribution < -0.4 is 0 Å². The van der Waals surface area contributed by atoms with Gasteiger partial charge in [-0.05, 0) is 24.0 Å². The van der Waals surface area contributed by atoms with Crippen molar-refractivity contribution in [3.05, 3.63) is 35.4 Å². The highest BCUT2D eigenvalue weighted by molar-refractivity contribution is 7.79. The minimum atomic E-state index is 0.757. The predicted molar refractivity (Wildman–Crippen MR) is 84.1 cm³/mol. The van der Waals surface area contributed by atoms with E-state index in [4.69, 9.17) is 12.6 Å². The number of aryl methyl sites for hydroxylation is 1. The third kappa shape index (κ3) is 6.49. The Morgan fingerprint density at radius 3 is 1.94 bits per heavy atom. The van der Waals surface area contributed by atoms with Crippen molar-refractivity contribution >= 4 is 12.6 Å². The maximum atomic E-state index is 5.17. The minimum Gasteiger partial charge on any atom is -0.0890 e. The summed E-state index contributed by atoms with van der Waals surface area (Å²) >= 11 is 5.17. The molecule has 0 heterocycles. The lowest BCUT2D eigenvalue weighted by Crippen LogP contribution is -1.92. The van der Waals surface area contributed by atoms with Crippen molar-refractivity contribution in [2.24, 2.45) is 0 Å². The lowest BCUT2D eigenvalue weighted by Gasteiger charge is -2.06. The number of hydrogen-bond acceptors (Lipinski definition) is 0. The highest BCUT2D eigenvalue weighted by Gasteiger charge is 1.99. The second kappa shape index (κ2) is 10.5. The zero-order valence-corrected chi connectivity index (χ0v) is 12.6. The smallest absolute Gasteiger partial charge is 0.0291 e. The predicted octanol–water partition coefficient (Wildman–Crippen LogP) is 6.07. The molecule has 0 aliphatic carbocycles. The summed E-state index contributed by atoms with van der Waals surface area (Å²) in [7, 11) is 0. The molecule has 0 spiro atoms. The molecule has 0 aliphatic rings. The normalized spacial score (nSPS) is 10.8. The first-order chi connectivity index (χ1) is 8.88. The summed E-state index contributed by atoms with van der Waals surface area (Å²) in [6.45, 7) is 2.27. The van der Waals surface area contributed by atoms with Crippen molar-refractivity contribution in [1.29, 1.82) is 0 Å². The summed E-state index contributed by atoms with van der Waals surface area (Å²) in [4.78, 5) is 0. The first-order valence-electron chi connectivity index (χ1n) is 7.53. The van der Waals surface area contributed by atoms with Gasteiger partial charge in [0.1, 0.15) is 0 Å². The average molecular weight is 263 g/mol. The van der Waals surface area contributed by atoms with E-state index < -0.39 is 0 Å². The first kappa shape index (κ1) is 15.6. The van der Waals surface area contributed by atoms with Crippen LogP contribution in [0, 0.1) is 0 Å². The molecule has 0 fully saturated rings. The van der Waals surface area contributed by atoms with Gasteiger partial charge in [-0.15, -0.1) is 0 Å². The summed E-state index contributed by atoms with van der Waals surface area (Å²) in [6, 6.07) is 8.64. The van der Waals surface area contributed by atoms with Gasteiger partial charge in [-0.3, -0.25) is 0 Å². The Balaban J connectivity index is 2.07. The van der Waals surface area contributed by atoms with E-state index in [0.717, 1.165) is 5.75 Å². The maximum Gasteiger partial charge on any atom is 0.0291 e. The van der Waals surface area contributed by atoms with Gasteiger partial charge >= 0.3 is 0 Å². The van der Waals surface area contributed by atoms with E-state index in [-0.39, 0.29) is 0 Å². The van der Waals surface area contributed by atoms with Crippen LogP contribution >= 0.6 is 12.6 Å². The molecule has 1 heteroatoms. The summed E-state index contributed by atoms with van der Waals surface area (Å²) in [5.74, 6) is 0.757. The maximum absolute atomic E-state index is 5.17. The summed E-state index contributed by atoms with van der Waals surface area (Å²) in [6.07, 6.45) is 12.3. The average Bonchev–Trinajstić information content (AvgIpc) is 2.42. The van der Waals surface area contributed by atoms with Crippen LogP contribution in [0.4, 0.5) is 0 Å². The molecule has 0 aromatic heterocycles. The van der Waals surface area contributed by atoms with E-state index in [2.05, 4.69) is 31.2 Å². The van der Waals surface area contributed by atoms with Crippen molar-refractivity contribution in [3.63, 3.8) is 0 Å². The molecule has 0 saturated heterocycles. The van der Waals surface area contributed by atoms with Crippen molar-refractivity contribution in [2.45, 2.75) is 70.5 Å². The van der Waals surface area contributed by atoms with E-state index in [9.17, 15) is 0 Å². The van der Waals surface area contributed by atoms with Crippen LogP contribution in [0.25, 0.3) is 0 Å². The lowest BCUT2D eigenvalue weighted by molar-refractivity contribution is 0.575. The van der Waals surface area contributed by atoms with E-state index in [1.807, 2.05) is 0 Å². The summed E-state index contributed by atoms with van der Waals surface area (Å²) < 4.78 is 0. The highest BCUT2D eigenvalue weighted by Crippen LogP contribution is 2.15. The quantitative estimate of drug-likeness (QED) is 0.450. The molecule has 0 amide bonds. The Morgan fingerprint density at radius 2 is 1.33 bits per heavy atom. The Kier molecular flexibility index (Phi) is 9.11. The molecular formula is C17H27S. The zero-order valence-electron chi connectivity index (χ0n) is 11.8. The molecule has 0 unspecified atom stereocenters. The van der Waals surface area contributed by atoms with E-state index in [1.54, 1.807) is 0 Å². The molecule has 18 heavy (non-hydrogen) atoms. The summed E-state index contributed by atoms with van der Waals surface area (Å²) in [5.41, 5.74) is 2.83. The van der Waals surface area contributed by atoms with Crippen LogP contribution in [-0.4, -0.2) is 0 Å². The van der Waals surface area contributed by atoms with Crippen molar-refractivity contribution in [3.8, 4) is 0 Å². The van der Waals surface area contributed by atoms with Gasteiger partial charge < -0.3 is 0 Å². The van der Waals surface area contributed by atoms with Gasteiger partial charge in [0.2, 0.25) is 0 Å². The molecule has 1 aromatic carbocycles. The van der Waals surface area contributed by atoms with Gasteiger partial charge in [-0.1, -0.05) is 88.8 Å². The Bertz CT molecular complexity index is 306. The third-order valence-corrected chi connectivity index (χ3v) is 3.88. The fraction of sp³-hybridized carbons (Fsp3) is 0.647.